The summed E-state index contributed by atoms with van der Waals surface area (Å²) in [5, 5.41) is 3.67. The van der Waals surface area contributed by atoms with Crippen molar-refractivity contribution in [3.8, 4) is 0 Å². The lowest BCUT2D eigenvalue weighted by molar-refractivity contribution is -0.164. The Labute approximate surface area is 123 Å². The fourth-order valence-corrected chi connectivity index (χ4v) is 4.29. The predicted molar refractivity (Wildman–Crippen MR) is 80.4 cm³/mol. The van der Waals surface area contributed by atoms with Crippen LogP contribution in [0.4, 0.5) is 0 Å². The Kier molecular flexibility index (Phi) is 3.71. The van der Waals surface area contributed by atoms with E-state index < -0.39 is 5.72 Å². The first kappa shape index (κ1) is 15.8. The normalized spacial score (nSPS) is 31.3. The fraction of sp³-hybridized carbons (Fsp3) is 0.938. The maximum absolute atomic E-state index is 12.7. The lowest BCUT2D eigenvalue weighted by Crippen LogP contribution is -2.67. The van der Waals surface area contributed by atoms with E-state index in [2.05, 4.69) is 46.9 Å². The number of nitrogens with zero attached hydrogens (tertiary/aromatic N) is 1. The lowest BCUT2D eigenvalue weighted by Gasteiger charge is -2.53. The molecule has 2 aliphatic heterocycles. The van der Waals surface area contributed by atoms with E-state index in [0.29, 0.717) is 6.54 Å². The highest BCUT2D eigenvalue weighted by Gasteiger charge is 2.58. The highest BCUT2D eigenvalue weighted by atomic mass is 16.6. The van der Waals surface area contributed by atoms with E-state index in [1.165, 1.54) is 0 Å². The van der Waals surface area contributed by atoms with Gasteiger partial charge in [0.2, 0.25) is 0 Å². The molecule has 4 nitrogen and oxygen atoms in total. The number of ether oxygens (including phenoxy) is 1. The van der Waals surface area contributed by atoms with E-state index >= 15 is 0 Å². The maximum Gasteiger partial charge on any atom is 0.254 e. The molecule has 0 saturated carbocycles. The minimum atomic E-state index is -0.445. The molecule has 2 aliphatic rings. The van der Waals surface area contributed by atoms with Crippen molar-refractivity contribution in [1.82, 2.24) is 10.2 Å². The first-order valence-corrected chi connectivity index (χ1v) is 7.81. The molecule has 20 heavy (non-hydrogen) atoms. The number of hydrogen-bond donors (Lipinski definition) is 1. The molecule has 0 aromatic heterocycles. The van der Waals surface area contributed by atoms with Gasteiger partial charge in [0.05, 0.1) is 0 Å². The van der Waals surface area contributed by atoms with Gasteiger partial charge < -0.3 is 15.0 Å². The minimum absolute atomic E-state index is 0.0404. The van der Waals surface area contributed by atoms with Crippen molar-refractivity contribution >= 4 is 5.91 Å². The molecule has 0 radical (unpaired) electrons. The van der Waals surface area contributed by atoms with Crippen molar-refractivity contribution in [3.05, 3.63) is 0 Å². The molecule has 0 bridgehead atoms. The number of nitrogens with one attached hydrogen (secondary N) is 1. The summed E-state index contributed by atoms with van der Waals surface area (Å²) in [6.45, 7) is 15.7. The highest BCUT2D eigenvalue weighted by molar-refractivity contribution is 5.83. The highest BCUT2D eigenvalue weighted by Crippen LogP contribution is 2.45. The molecule has 0 aromatic carbocycles. The molecule has 0 aliphatic carbocycles. The third kappa shape index (κ3) is 2.60. The van der Waals surface area contributed by atoms with Gasteiger partial charge in [-0.2, -0.15) is 0 Å². The predicted octanol–water partition coefficient (Wildman–Crippen LogP) is 2.53. The Bertz CT molecular complexity index is 385. The zero-order valence-corrected chi connectivity index (χ0v) is 14.0. The lowest BCUT2D eigenvalue weighted by atomic mass is 9.76. The van der Waals surface area contributed by atoms with Crippen LogP contribution < -0.4 is 5.32 Å². The van der Waals surface area contributed by atoms with Crippen LogP contribution in [0, 0.1) is 5.92 Å². The molecule has 2 fully saturated rings. The Morgan fingerprint density at radius 1 is 1.25 bits per heavy atom. The topological polar surface area (TPSA) is 41.6 Å². The van der Waals surface area contributed by atoms with Gasteiger partial charge in [-0.15, -0.1) is 0 Å². The van der Waals surface area contributed by atoms with E-state index in [0.717, 1.165) is 12.8 Å². The molecule has 2 heterocycles. The Balaban J connectivity index is 2.39. The number of rotatable bonds is 2. The Morgan fingerprint density at radius 2 is 1.75 bits per heavy atom. The summed E-state index contributed by atoms with van der Waals surface area (Å²) < 4.78 is 6.37. The van der Waals surface area contributed by atoms with Crippen LogP contribution in [-0.4, -0.2) is 40.3 Å². The van der Waals surface area contributed by atoms with Gasteiger partial charge in [-0.05, 0) is 40.5 Å². The van der Waals surface area contributed by atoms with Gasteiger partial charge in [0.15, 0.2) is 0 Å². The fourth-order valence-electron chi connectivity index (χ4n) is 4.29. The van der Waals surface area contributed by atoms with E-state index in [-0.39, 0.29) is 29.0 Å². The van der Waals surface area contributed by atoms with Gasteiger partial charge >= 0.3 is 0 Å². The largest absolute Gasteiger partial charge is 0.342 e. The third-order valence-corrected chi connectivity index (χ3v) is 4.38. The van der Waals surface area contributed by atoms with E-state index in [9.17, 15) is 4.79 Å². The number of amides is 1. The summed E-state index contributed by atoms with van der Waals surface area (Å²) in [6, 6.07) is 0. The molecule has 4 heteroatoms. The second-order valence-corrected chi connectivity index (χ2v) is 8.06. The summed E-state index contributed by atoms with van der Waals surface area (Å²) in [7, 11) is 0. The smallest absolute Gasteiger partial charge is 0.254 e. The molecule has 1 spiro atoms. The molecule has 116 valence electrons. The summed E-state index contributed by atoms with van der Waals surface area (Å²) in [4.78, 5) is 14.6. The Morgan fingerprint density at radius 3 is 2.15 bits per heavy atom. The van der Waals surface area contributed by atoms with Crippen LogP contribution in [0.1, 0.15) is 61.3 Å². The first-order chi connectivity index (χ1) is 9.02. The molecule has 1 atom stereocenters. The van der Waals surface area contributed by atoms with Gasteiger partial charge in [-0.25, -0.2) is 0 Å². The van der Waals surface area contributed by atoms with Crippen molar-refractivity contribution in [3.63, 3.8) is 0 Å². The molecule has 2 saturated heterocycles. The minimum Gasteiger partial charge on any atom is -0.342 e. The SMILES string of the molecule is CCN1C(=O)C(C(C)C)OC12CC(C)(C)NC(C)(C)C2. The van der Waals surface area contributed by atoms with Crippen LogP contribution in [0.3, 0.4) is 0 Å². The number of likely N-dealkylation sites (N-methyl/N-ethyl adjacent to an activating group) is 1. The second-order valence-electron chi connectivity index (χ2n) is 8.06. The van der Waals surface area contributed by atoms with E-state index in [1.54, 1.807) is 0 Å². The number of piperidine rings is 1. The number of carbonyl (C=O) groups excluding carboxylic acids is 1. The molecule has 2 rings (SSSR count). The van der Waals surface area contributed by atoms with Gasteiger partial charge in [-0.3, -0.25) is 4.79 Å². The van der Waals surface area contributed by atoms with Gasteiger partial charge in [0, 0.05) is 30.5 Å². The van der Waals surface area contributed by atoms with Crippen LogP contribution in [0.2, 0.25) is 0 Å². The van der Waals surface area contributed by atoms with Crippen LogP contribution in [0.5, 0.6) is 0 Å². The standard InChI is InChI=1S/C16H30N2O2/c1-8-18-13(19)12(11(2)3)20-16(18)9-14(4,5)17-15(6,7)10-16/h11-12,17H,8-10H2,1-7H3. The summed E-state index contributed by atoms with van der Waals surface area (Å²) in [5.74, 6) is 0.382. The molecular formula is C16H30N2O2. The van der Waals surface area contributed by atoms with Gasteiger partial charge in [-0.1, -0.05) is 13.8 Å². The summed E-state index contributed by atoms with van der Waals surface area (Å²) in [5.41, 5.74) is -0.526. The van der Waals surface area contributed by atoms with Crippen LogP contribution in [-0.2, 0) is 9.53 Å². The van der Waals surface area contributed by atoms with Crippen molar-refractivity contribution < 1.29 is 9.53 Å². The molecular weight excluding hydrogens is 252 g/mol. The second kappa shape index (κ2) is 4.70. The molecule has 1 amide bonds. The average molecular weight is 282 g/mol. The third-order valence-electron chi connectivity index (χ3n) is 4.38. The van der Waals surface area contributed by atoms with Crippen LogP contribution >= 0.6 is 0 Å². The zero-order chi connectivity index (χ0) is 15.3. The number of hydrogen-bond acceptors (Lipinski definition) is 3. The maximum atomic E-state index is 12.7. The van der Waals surface area contributed by atoms with E-state index in [4.69, 9.17) is 4.74 Å². The summed E-state index contributed by atoms with van der Waals surface area (Å²) in [6.07, 6.45) is 1.39. The van der Waals surface area contributed by atoms with Crippen molar-refractivity contribution in [2.24, 2.45) is 5.92 Å². The molecule has 1 N–H and O–H groups in total. The van der Waals surface area contributed by atoms with Crippen molar-refractivity contribution in [2.45, 2.75) is 84.2 Å². The van der Waals surface area contributed by atoms with E-state index in [1.807, 2.05) is 11.8 Å². The summed E-state index contributed by atoms with van der Waals surface area (Å²) >= 11 is 0. The Hall–Kier alpha value is -0.610. The van der Waals surface area contributed by atoms with Gasteiger partial charge in [0.1, 0.15) is 11.8 Å². The quantitative estimate of drug-likeness (QED) is 0.846. The van der Waals surface area contributed by atoms with Crippen molar-refractivity contribution in [1.29, 1.82) is 0 Å². The monoisotopic (exact) mass is 282 g/mol. The molecule has 0 aromatic rings. The van der Waals surface area contributed by atoms with Crippen molar-refractivity contribution in [2.75, 3.05) is 6.54 Å². The van der Waals surface area contributed by atoms with Crippen LogP contribution in [0.25, 0.3) is 0 Å². The zero-order valence-electron chi connectivity index (χ0n) is 14.0. The van der Waals surface area contributed by atoms with Gasteiger partial charge in [0.25, 0.3) is 5.91 Å². The average Bonchev–Trinajstić information content (AvgIpc) is 2.45. The number of carbonyl (C=O) groups is 1. The molecule has 1 unspecified atom stereocenters. The first-order valence-electron chi connectivity index (χ1n) is 7.81. The van der Waals surface area contributed by atoms with Crippen LogP contribution in [0.15, 0.2) is 0 Å².